The van der Waals surface area contributed by atoms with Crippen LogP contribution in [0.5, 0.6) is 5.75 Å². The number of nitrogens with one attached hydrogen (secondary N) is 1. The molecule has 0 unspecified atom stereocenters. The van der Waals surface area contributed by atoms with Crippen molar-refractivity contribution in [2.75, 3.05) is 20.3 Å². The molecule has 0 fully saturated rings. The van der Waals surface area contributed by atoms with Crippen LogP contribution in [0.4, 0.5) is 0 Å². The number of para-hydroxylation sites is 1. The van der Waals surface area contributed by atoms with Gasteiger partial charge in [-0.2, -0.15) is 5.10 Å². The third-order valence-electron chi connectivity index (χ3n) is 3.25. The largest absolute Gasteiger partial charge is 0.487 e. The summed E-state index contributed by atoms with van der Waals surface area (Å²) in [6, 6.07) is 10.1. The Kier molecular flexibility index (Phi) is 5.78. The van der Waals surface area contributed by atoms with Crippen LogP contribution in [0.1, 0.15) is 17.0 Å². The molecule has 1 aromatic carbocycles. The molecule has 0 spiro atoms. The Morgan fingerprint density at radius 2 is 2.10 bits per heavy atom. The summed E-state index contributed by atoms with van der Waals surface area (Å²) in [4.78, 5) is 0. The van der Waals surface area contributed by atoms with Gasteiger partial charge < -0.3 is 14.8 Å². The number of aromatic nitrogens is 2. The number of benzene rings is 1. The average Bonchev–Trinajstić information content (AvgIpc) is 2.80. The lowest BCUT2D eigenvalue weighted by atomic mass is 10.2. The summed E-state index contributed by atoms with van der Waals surface area (Å²) in [5, 5.41) is 7.66. The van der Waals surface area contributed by atoms with Gasteiger partial charge in [0.05, 0.1) is 18.0 Å². The van der Waals surface area contributed by atoms with Gasteiger partial charge in [-0.25, -0.2) is 0 Å². The molecule has 0 atom stereocenters. The summed E-state index contributed by atoms with van der Waals surface area (Å²) in [6.45, 7) is 4.80. The van der Waals surface area contributed by atoms with Crippen LogP contribution in [-0.4, -0.2) is 30.0 Å². The Bertz CT molecular complexity index is 566. The summed E-state index contributed by atoms with van der Waals surface area (Å²) in [5.74, 6) is 0.904. The van der Waals surface area contributed by atoms with E-state index < -0.39 is 0 Å². The van der Waals surface area contributed by atoms with Gasteiger partial charge >= 0.3 is 0 Å². The maximum Gasteiger partial charge on any atom is 0.130 e. The number of methoxy groups -OCH3 is 1. The molecule has 1 aromatic heterocycles. The van der Waals surface area contributed by atoms with Crippen LogP contribution < -0.4 is 10.1 Å². The van der Waals surface area contributed by atoms with E-state index in [2.05, 4.69) is 16.5 Å². The highest BCUT2D eigenvalue weighted by molar-refractivity contribution is 5.33. The fourth-order valence-corrected chi connectivity index (χ4v) is 2.14. The number of hydrogen-bond donors (Lipinski definition) is 1. The molecule has 0 aliphatic heterocycles. The van der Waals surface area contributed by atoms with Crippen molar-refractivity contribution in [2.45, 2.75) is 20.1 Å². The van der Waals surface area contributed by atoms with Crippen LogP contribution >= 0.6 is 0 Å². The van der Waals surface area contributed by atoms with Crippen LogP contribution in [0, 0.1) is 6.92 Å². The zero-order valence-corrected chi connectivity index (χ0v) is 12.9. The third kappa shape index (κ3) is 4.58. The Morgan fingerprint density at radius 3 is 2.81 bits per heavy atom. The second-order valence-electron chi connectivity index (χ2n) is 4.97. The molecular weight excluding hydrogens is 266 g/mol. The summed E-state index contributed by atoms with van der Waals surface area (Å²) in [5.41, 5.74) is 3.22. The standard InChI is InChI=1S/C16H23N3O2/c1-13-10-15(19(2)18-13)12-21-16-7-5-4-6-14(16)11-17-8-9-20-3/h4-7,10,17H,8-9,11-12H2,1-3H3. The molecule has 21 heavy (non-hydrogen) atoms. The fourth-order valence-electron chi connectivity index (χ4n) is 2.14. The first-order chi connectivity index (χ1) is 10.2. The van der Waals surface area contributed by atoms with E-state index in [1.165, 1.54) is 0 Å². The predicted molar refractivity (Wildman–Crippen MR) is 82.3 cm³/mol. The summed E-state index contributed by atoms with van der Waals surface area (Å²) in [6.07, 6.45) is 0. The van der Waals surface area contributed by atoms with Crippen LogP contribution in [0.25, 0.3) is 0 Å². The van der Waals surface area contributed by atoms with Gasteiger partial charge in [0.25, 0.3) is 0 Å². The highest BCUT2D eigenvalue weighted by Crippen LogP contribution is 2.19. The smallest absolute Gasteiger partial charge is 0.130 e. The number of rotatable bonds is 8. The zero-order chi connectivity index (χ0) is 15.1. The molecule has 0 saturated carbocycles. The maximum absolute atomic E-state index is 5.94. The first-order valence-corrected chi connectivity index (χ1v) is 7.10. The van der Waals surface area contributed by atoms with Crippen LogP contribution in [-0.2, 0) is 24.9 Å². The van der Waals surface area contributed by atoms with Crippen molar-refractivity contribution in [3.05, 3.63) is 47.3 Å². The normalized spacial score (nSPS) is 10.8. The molecule has 1 N–H and O–H groups in total. The molecule has 2 rings (SSSR count). The summed E-state index contributed by atoms with van der Waals surface area (Å²) < 4.78 is 12.8. The summed E-state index contributed by atoms with van der Waals surface area (Å²) in [7, 11) is 3.64. The van der Waals surface area contributed by atoms with Gasteiger partial charge in [0.1, 0.15) is 12.4 Å². The predicted octanol–water partition coefficient (Wildman–Crippen LogP) is 2.04. The topological polar surface area (TPSA) is 48.3 Å². The van der Waals surface area contributed by atoms with E-state index in [0.717, 1.165) is 35.8 Å². The van der Waals surface area contributed by atoms with E-state index >= 15 is 0 Å². The molecule has 2 aromatic rings. The average molecular weight is 289 g/mol. The molecule has 5 heteroatoms. The molecular formula is C16H23N3O2. The minimum absolute atomic E-state index is 0.520. The number of ether oxygens (including phenoxy) is 2. The summed E-state index contributed by atoms with van der Waals surface area (Å²) >= 11 is 0. The number of aryl methyl sites for hydroxylation is 2. The lowest BCUT2D eigenvalue weighted by Crippen LogP contribution is -2.19. The highest BCUT2D eigenvalue weighted by atomic mass is 16.5. The Morgan fingerprint density at radius 1 is 1.29 bits per heavy atom. The zero-order valence-electron chi connectivity index (χ0n) is 12.9. The number of hydrogen-bond acceptors (Lipinski definition) is 4. The van der Waals surface area contributed by atoms with Crippen molar-refractivity contribution in [1.29, 1.82) is 0 Å². The molecule has 0 saturated heterocycles. The Labute approximate surface area is 125 Å². The monoisotopic (exact) mass is 289 g/mol. The van der Waals surface area contributed by atoms with Crippen molar-refractivity contribution < 1.29 is 9.47 Å². The quantitative estimate of drug-likeness (QED) is 0.756. The SMILES string of the molecule is COCCNCc1ccccc1OCc1cc(C)nn1C. The molecule has 0 aliphatic carbocycles. The molecule has 114 valence electrons. The number of nitrogens with zero attached hydrogens (tertiary/aromatic N) is 2. The molecule has 0 aliphatic rings. The van der Waals surface area contributed by atoms with Crippen LogP contribution in [0.2, 0.25) is 0 Å². The van der Waals surface area contributed by atoms with Gasteiger partial charge in [-0.15, -0.1) is 0 Å². The van der Waals surface area contributed by atoms with Crippen molar-refractivity contribution in [3.63, 3.8) is 0 Å². The lowest BCUT2D eigenvalue weighted by molar-refractivity contribution is 0.199. The first kappa shape index (κ1) is 15.5. The van der Waals surface area contributed by atoms with Crippen molar-refractivity contribution in [2.24, 2.45) is 7.05 Å². The Hall–Kier alpha value is -1.85. The Balaban J connectivity index is 1.94. The van der Waals surface area contributed by atoms with E-state index in [9.17, 15) is 0 Å². The van der Waals surface area contributed by atoms with E-state index in [1.807, 2.05) is 42.9 Å². The van der Waals surface area contributed by atoms with Crippen LogP contribution in [0.3, 0.4) is 0 Å². The van der Waals surface area contributed by atoms with Gasteiger partial charge in [-0.05, 0) is 19.1 Å². The lowest BCUT2D eigenvalue weighted by Gasteiger charge is -2.12. The second-order valence-corrected chi connectivity index (χ2v) is 4.97. The van der Waals surface area contributed by atoms with Gasteiger partial charge in [-0.3, -0.25) is 4.68 Å². The molecule has 0 amide bonds. The fraction of sp³-hybridized carbons (Fsp3) is 0.438. The van der Waals surface area contributed by atoms with Gasteiger partial charge in [-0.1, -0.05) is 18.2 Å². The molecule has 0 radical (unpaired) electrons. The van der Waals surface area contributed by atoms with Crippen molar-refractivity contribution in [1.82, 2.24) is 15.1 Å². The van der Waals surface area contributed by atoms with Gasteiger partial charge in [0.15, 0.2) is 0 Å². The van der Waals surface area contributed by atoms with Gasteiger partial charge in [0.2, 0.25) is 0 Å². The van der Waals surface area contributed by atoms with Crippen molar-refractivity contribution >= 4 is 0 Å². The van der Waals surface area contributed by atoms with E-state index in [-0.39, 0.29) is 0 Å². The minimum Gasteiger partial charge on any atom is -0.487 e. The third-order valence-corrected chi connectivity index (χ3v) is 3.25. The van der Waals surface area contributed by atoms with Gasteiger partial charge in [0, 0.05) is 32.8 Å². The van der Waals surface area contributed by atoms with E-state index in [1.54, 1.807) is 7.11 Å². The highest BCUT2D eigenvalue weighted by Gasteiger charge is 2.06. The molecule has 0 bridgehead atoms. The van der Waals surface area contributed by atoms with E-state index in [4.69, 9.17) is 9.47 Å². The molecule has 1 heterocycles. The van der Waals surface area contributed by atoms with Crippen LogP contribution in [0.15, 0.2) is 30.3 Å². The second kappa shape index (κ2) is 7.81. The maximum atomic E-state index is 5.94. The molecule has 5 nitrogen and oxygen atoms in total. The van der Waals surface area contributed by atoms with Crippen molar-refractivity contribution in [3.8, 4) is 5.75 Å². The first-order valence-electron chi connectivity index (χ1n) is 7.10. The van der Waals surface area contributed by atoms with E-state index in [0.29, 0.717) is 13.2 Å². The minimum atomic E-state index is 0.520.